The summed E-state index contributed by atoms with van der Waals surface area (Å²) in [5.74, 6) is 0.120. The molecular weight excluding hydrogens is 300 g/mol. The Morgan fingerprint density at radius 2 is 1.88 bits per heavy atom. The molecule has 24 heavy (non-hydrogen) atoms. The summed E-state index contributed by atoms with van der Waals surface area (Å²) >= 11 is 0. The van der Waals surface area contributed by atoms with E-state index in [0.29, 0.717) is 24.1 Å². The van der Waals surface area contributed by atoms with E-state index in [-0.39, 0.29) is 16.7 Å². The Labute approximate surface area is 142 Å². The van der Waals surface area contributed by atoms with E-state index in [1.807, 2.05) is 0 Å². The van der Waals surface area contributed by atoms with Gasteiger partial charge >= 0.3 is 0 Å². The zero-order chi connectivity index (χ0) is 17.1. The Balaban J connectivity index is 1.93. The summed E-state index contributed by atoms with van der Waals surface area (Å²) in [6.07, 6.45) is 2.94. The van der Waals surface area contributed by atoms with Crippen LogP contribution in [-0.2, 0) is 16.8 Å². The SMILES string of the molecule is CC1(C)CC(=O)C2=C(C1)N1CCc3ccccc3[C@]1(C)C/C2=N/O. The number of benzene rings is 1. The topological polar surface area (TPSA) is 52.9 Å². The molecule has 1 aromatic carbocycles. The highest BCUT2D eigenvalue weighted by Gasteiger charge is 2.49. The number of allylic oxidation sites excluding steroid dienone is 2. The molecule has 1 N–H and O–H groups in total. The number of fused-ring (bicyclic) bond motifs is 4. The van der Waals surface area contributed by atoms with Crippen LogP contribution in [0.3, 0.4) is 0 Å². The van der Waals surface area contributed by atoms with E-state index in [4.69, 9.17) is 0 Å². The van der Waals surface area contributed by atoms with E-state index in [2.05, 4.69) is 55.1 Å². The number of ketones is 1. The molecule has 1 aromatic rings. The maximum Gasteiger partial charge on any atom is 0.167 e. The second-order valence-corrected chi connectivity index (χ2v) is 8.32. The largest absolute Gasteiger partial charge is 0.411 e. The first kappa shape index (κ1) is 15.4. The molecule has 4 nitrogen and oxygen atoms in total. The highest BCUT2D eigenvalue weighted by atomic mass is 16.4. The van der Waals surface area contributed by atoms with E-state index >= 15 is 0 Å². The molecule has 0 spiro atoms. The first-order valence-electron chi connectivity index (χ1n) is 8.69. The Hall–Kier alpha value is -2.10. The summed E-state index contributed by atoms with van der Waals surface area (Å²) in [6.45, 7) is 7.42. The van der Waals surface area contributed by atoms with Crippen molar-refractivity contribution in [2.45, 2.75) is 52.0 Å². The zero-order valence-corrected chi connectivity index (χ0v) is 14.6. The molecule has 0 fully saturated rings. The van der Waals surface area contributed by atoms with Crippen LogP contribution in [0.15, 0.2) is 40.7 Å². The standard InChI is InChI=1S/C20H24N2O2/c1-19(2)11-16-18(17(23)12-19)15(21-24)10-20(3)14-7-5-4-6-13(14)8-9-22(16)20/h4-7,24H,8-12H2,1-3H3/b21-15-/t20-/m0/s1. The summed E-state index contributed by atoms with van der Waals surface area (Å²) in [5, 5.41) is 13.2. The average Bonchev–Trinajstić information content (AvgIpc) is 2.52. The quantitative estimate of drug-likeness (QED) is 0.585. The molecule has 0 amide bonds. The number of rotatable bonds is 0. The van der Waals surface area contributed by atoms with Crippen molar-refractivity contribution < 1.29 is 10.0 Å². The molecule has 1 aliphatic carbocycles. The van der Waals surface area contributed by atoms with Crippen molar-refractivity contribution in [3.63, 3.8) is 0 Å². The lowest BCUT2D eigenvalue weighted by atomic mass is 9.67. The van der Waals surface area contributed by atoms with Crippen molar-refractivity contribution in [1.82, 2.24) is 4.90 Å². The van der Waals surface area contributed by atoms with Gasteiger partial charge in [-0.25, -0.2) is 0 Å². The minimum Gasteiger partial charge on any atom is -0.411 e. The van der Waals surface area contributed by atoms with Crippen molar-refractivity contribution in [3.05, 3.63) is 46.7 Å². The molecule has 0 radical (unpaired) electrons. The van der Waals surface area contributed by atoms with Crippen LogP contribution in [0.1, 0.15) is 51.2 Å². The second kappa shape index (κ2) is 4.95. The fourth-order valence-electron chi connectivity index (χ4n) is 4.86. The van der Waals surface area contributed by atoms with Gasteiger partial charge in [0, 0.05) is 25.1 Å². The molecule has 2 aliphatic heterocycles. The Kier molecular flexibility index (Phi) is 3.18. The fourth-order valence-corrected chi connectivity index (χ4v) is 4.86. The van der Waals surface area contributed by atoms with Crippen molar-refractivity contribution in [1.29, 1.82) is 0 Å². The van der Waals surface area contributed by atoms with Crippen LogP contribution in [0.5, 0.6) is 0 Å². The molecule has 2 heterocycles. The molecule has 0 saturated heterocycles. The number of Topliss-reactive ketones (excluding diaryl/α,β-unsaturated/α-hetero) is 1. The molecule has 0 bridgehead atoms. The molecule has 0 unspecified atom stereocenters. The van der Waals surface area contributed by atoms with Gasteiger partial charge in [0.15, 0.2) is 5.78 Å². The number of carbonyl (C=O) groups excluding carboxylic acids is 1. The average molecular weight is 324 g/mol. The van der Waals surface area contributed by atoms with Crippen LogP contribution in [0.2, 0.25) is 0 Å². The Morgan fingerprint density at radius 1 is 1.12 bits per heavy atom. The normalized spacial score (nSPS) is 30.0. The van der Waals surface area contributed by atoms with Crippen molar-refractivity contribution in [2.75, 3.05) is 6.54 Å². The molecule has 0 aromatic heterocycles. The molecule has 4 heteroatoms. The summed E-state index contributed by atoms with van der Waals surface area (Å²) < 4.78 is 0. The molecular formula is C20H24N2O2. The van der Waals surface area contributed by atoms with E-state index in [0.717, 1.165) is 25.1 Å². The van der Waals surface area contributed by atoms with Crippen LogP contribution >= 0.6 is 0 Å². The lowest BCUT2D eigenvalue weighted by molar-refractivity contribution is -0.118. The van der Waals surface area contributed by atoms with Gasteiger partial charge in [-0.3, -0.25) is 4.79 Å². The smallest absolute Gasteiger partial charge is 0.167 e. The van der Waals surface area contributed by atoms with Gasteiger partial charge < -0.3 is 10.1 Å². The first-order chi connectivity index (χ1) is 11.4. The van der Waals surface area contributed by atoms with Crippen molar-refractivity contribution in [2.24, 2.45) is 10.6 Å². The summed E-state index contributed by atoms with van der Waals surface area (Å²) in [4.78, 5) is 15.2. The van der Waals surface area contributed by atoms with Gasteiger partial charge in [0.05, 0.1) is 16.8 Å². The number of nitrogens with zero attached hydrogens (tertiary/aromatic N) is 2. The Morgan fingerprint density at radius 3 is 2.62 bits per heavy atom. The van der Waals surface area contributed by atoms with E-state index in [1.165, 1.54) is 11.1 Å². The van der Waals surface area contributed by atoms with E-state index in [1.54, 1.807) is 0 Å². The van der Waals surface area contributed by atoms with Gasteiger partial charge in [0.2, 0.25) is 0 Å². The molecule has 1 atom stereocenters. The monoisotopic (exact) mass is 324 g/mol. The summed E-state index contributed by atoms with van der Waals surface area (Å²) in [7, 11) is 0. The third-order valence-electron chi connectivity index (χ3n) is 5.90. The highest BCUT2D eigenvalue weighted by Crippen LogP contribution is 2.50. The van der Waals surface area contributed by atoms with Gasteiger partial charge in [-0.2, -0.15) is 0 Å². The van der Waals surface area contributed by atoms with Crippen LogP contribution < -0.4 is 0 Å². The van der Waals surface area contributed by atoms with Crippen LogP contribution in [0.25, 0.3) is 0 Å². The lowest BCUT2D eigenvalue weighted by Gasteiger charge is -2.54. The number of hydrogen-bond acceptors (Lipinski definition) is 4. The molecule has 126 valence electrons. The number of hydrogen-bond donors (Lipinski definition) is 1. The minimum atomic E-state index is -0.247. The van der Waals surface area contributed by atoms with E-state index in [9.17, 15) is 10.0 Å². The third kappa shape index (κ3) is 2.05. The summed E-state index contributed by atoms with van der Waals surface area (Å²) in [6, 6.07) is 8.52. The first-order valence-corrected chi connectivity index (χ1v) is 8.69. The molecule has 0 saturated carbocycles. The highest BCUT2D eigenvalue weighted by molar-refractivity contribution is 6.24. The van der Waals surface area contributed by atoms with Crippen molar-refractivity contribution in [3.8, 4) is 0 Å². The van der Waals surface area contributed by atoms with Gasteiger partial charge in [-0.1, -0.05) is 43.3 Å². The van der Waals surface area contributed by atoms with Gasteiger partial charge in [0.25, 0.3) is 0 Å². The van der Waals surface area contributed by atoms with Gasteiger partial charge in [-0.05, 0) is 36.3 Å². The van der Waals surface area contributed by atoms with E-state index < -0.39 is 0 Å². The van der Waals surface area contributed by atoms with Crippen LogP contribution in [-0.4, -0.2) is 28.1 Å². The third-order valence-corrected chi connectivity index (χ3v) is 5.90. The molecule has 3 aliphatic rings. The van der Waals surface area contributed by atoms with Crippen LogP contribution in [0.4, 0.5) is 0 Å². The lowest BCUT2D eigenvalue weighted by Crippen LogP contribution is -2.55. The maximum atomic E-state index is 12.8. The minimum absolute atomic E-state index is 0.0499. The maximum absolute atomic E-state index is 12.8. The predicted octanol–water partition coefficient (Wildman–Crippen LogP) is 3.64. The van der Waals surface area contributed by atoms with Gasteiger partial charge in [0.1, 0.15) is 0 Å². The number of oxime groups is 1. The predicted molar refractivity (Wildman–Crippen MR) is 93.1 cm³/mol. The molecule has 4 rings (SSSR count). The van der Waals surface area contributed by atoms with Crippen molar-refractivity contribution >= 4 is 11.5 Å². The number of carbonyl (C=O) groups is 1. The van der Waals surface area contributed by atoms with Crippen LogP contribution in [0, 0.1) is 5.41 Å². The second-order valence-electron chi connectivity index (χ2n) is 8.32. The summed E-state index contributed by atoms with van der Waals surface area (Å²) in [5.41, 5.74) is 4.66. The fraction of sp³-hybridized carbons (Fsp3) is 0.500. The Bertz CT molecular complexity index is 791. The van der Waals surface area contributed by atoms with Gasteiger partial charge in [-0.15, -0.1) is 0 Å². The zero-order valence-electron chi connectivity index (χ0n) is 14.6.